The maximum atomic E-state index is 13.1. The Morgan fingerprint density at radius 3 is 2.72 bits per heavy atom. The van der Waals surface area contributed by atoms with Crippen LogP contribution in [-0.2, 0) is 22.7 Å². The summed E-state index contributed by atoms with van der Waals surface area (Å²) in [5.74, 6) is 1.02. The molecule has 1 aromatic heterocycles. The van der Waals surface area contributed by atoms with Crippen LogP contribution in [0, 0.1) is 0 Å². The summed E-state index contributed by atoms with van der Waals surface area (Å²) in [5, 5.41) is 3.45. The first-order valence-corrected chi connectivity index (χ1v) is 11.3. The molecule has 1 atom stereocenters. The minimum absolute atomic E-state index is 0.0824. The molecule has 3 aromatic rings. The molecule has 1 fully saturated rings. The Morgan fingerprint density at radius 1 is 1.16 bits per heavy atom. The number of para-hydroxylation sites is 2. The van der Waals surface area contributed by atoms with Gasteiger partial charge in [0.05, 0.1) is 17.6 Å². The first-order valence-electron chi connectivity index (χ1n) is 10.9. The van der Waals surface area contributed by atoms with Crippen molar-refractivity contribution in [1.82, 2.24) is 19.8 Å². The van der Waals surface area contributed by atoms with Gasteiger partial charge in [-0.2, -0.15) is 0 Å². The molecular formula is C24H27ClN4O3. The van der Waals surface area contributed by atoms with Crippen molar-refractivity contribution in [2.75, 3.05) is 13.2 Å². The predicted molar refractivity (Wildman–Crippen MR) is 124 cm³/mol. The summed E-state index contributed by atoms with van der Waals surface area (Å²) in [4.78, 5) is 32.0. The third-order valence-corrected chi connectivity index (χ3v) is 6.03. The fraction of sp³-hybridized carbons (Fsp3) is 0.375. The molecule has 1 unspecified atom stereocenters. The molecule has 8 heteroatoms. The fourth-order valence-corrected chi connectivity index (χ4v) is 4.17. The van der Waals surface area contributed by atoms with Crippen LogP contribution in [0.25, 0.3) is 11.0 Å². The van der Waals surface area contributed by atoms with Gasteiger partial charge in [-0.25, -0.2) is 4.98 Å². The summed E-state index contributed by atoms with van der Waals surface area (Å²) in [6, 6.07) is 14.8. The number of carbonyl (C=O) groups is 2. The van der Waals surface area contributed by atoms with Gasteiger partial charge >= 0.3 is 0 Å². The molecule has 168 valence electrons. The van der Waals surface area contributed by atoms with Crippen LogP contribution in [0.2, 0.25) is 5.02 Å². The van der Waals surface area contributed by atoms with E-state index in [0.717, 1.165) is 36.8 Å². The monoisotopic (exact) mass is 454 g/mol. The number of hydrogen-bond donors (Lipinski definition) is 1. The Bertz CT molecular complexity index is 1100. The van der Waals surface area contributed by atoms with Gasteiger partial charge < -0.3 is 19.5 Å². The first-order chi connectivity index (χ1) is 15.5. The predicted octanol–water partition coefficient (Wildman–Crippen LogP) is 3.79. The van der Waals surface area contributed by atoms with Gasteiger partial charge in [-0.3, -0.25) is 9.59 Å². The van der Waals surface area contributed by atoms with Crippen LogP contribution >= 0.6 is 11.6 Å². The summed E-state index contributed by atoms with van der Waals surface area (Å²) >= 11 is 5.86. The average Bonchev–Trinajstić information content (AvgIpc) is 3.15. The number of amides is 2. The maximum absolute atomic E-state index is 13.1. The number of likely N-dealkylation sites (tertiary alicyclic amines) is 1. The summed E-state index contributed by atoms with van der Waals surface area (Å²) in [6.07, 6.45) is 3.23. The fourth-order valence-electron chi connectivity index (χ4n) is 4.04. The normalized spacial score (nSPS) is 16.2. The highest BCUT2D eigenvalue weighted by Crippen LogP contribution is 2.20. The molecule has 1 aliphatic rings. The third kappa shape index (κ3) is 5.22. The number of hydrogen-bond acceptors (Lipinski definition) is 4. The van der Waals surface area contributed by atoms with E-state index >= 15 is 0 Å². The van der Waals surface area contributed by atoms with E-state index in [0.29, 0.717) is 16.6 Å². The molecule has 1 N–H and O–H groups in total. The number of imidazole rings is 1. The second-order valence-corrected chi connectivity index (χ2v) is 8.49. The van der Waals surface area contributed by atoms with Gasteiger partial charge in [-0.05, 0) is 62.6 Å². The number of piperidine rings is 1. The highest BCUT2D eigenvalue weighted by atomic mass is 35.5. The zero-order valence-corrected chi connectivity index (χ0v) is 18.8. The minimum Gasteiger partial charge on any atom is -0.484 e. The maximum Gasteiger partial charge on any atom is 0.258 e. The minimum atomic E-state index is -0.269. The highest BCUT2D eigenvalue weighted by Gasteiger charge is 2.24. The van der Waals surface area contributed by atoms with E-state index in [-0.39, 0.29) is 37.6 Å². The molecule has 0 bridgehead atoms. The van der Waals surface area contributed by atoms with Crippen molar-refractivity contribution in [3.05, 3.63) is 59.4 Å². The molecule has 0 saturated carbocycles. The van der Waals surface area contributed by atoms with Gasteiger partial charge in [0.15, 0.2) is 6.61 Å². The number of carbonyl (C=O) groups excluding carboxylic acids is 2. The van der Waals surface area contributed by atoms with Crippen LogP contribution in [0.3, 0.4) is 0 Å². The number of halogens is 1. The molecule has 0 spiro atoms. The van der Waals surface area contributed by atoms with E-state index in [9.17, 15) is 9.59 Å². The van der Waals surface area contributed by atoms with E-state index in [1.807, 2.05) is 33.7 Å². The van der Waals surface area contributed by atoms with Crippen LogP contribution in [0.5, 0.6) is 5.75 Å². The summed E-state index contributed by atoms with van der Waals surface area (Å²) in [5.41, 5.74) is 1.68. The summed E-state index contributed by atoms with van der Waals surface area (Å²) in [7, 11) is 0. The SMILES string of the molecule is CC1CCCCN1C(=O)Cn1c(CNC(=O)COc2ccc(Cl)cc2)nc2ccccc21. The smallest absolute Gasteiger partial charge is 0.258 e. The second kappa shape index (κ2) is 10.0. The van der Waals surface area contributed by atoms with Gasteiger partial charge in [-0.15, -0.1) is 0 Å². The van der Waals surface area contributed by atoms with Crippen molar-refractivity contribution in [2.24, 2.45) is 0 Å². The molecule has 1 aliphatic heterocycles. The number of ether oxygens (including phenoxy) is 1. The Kier molecular flexibility index (Phi) is 6.95. The molecule has 4 rings (SSSR count). The summed E-state index contributed by atoms with van der Waals surface area (Å²) in [6.45, 7) is 3.19. The number of benzene rings is 2. The lowest BCUT2D eigenvalue weighted by Crippen LogP contribution is -2.43. The van der Waals surface area contributed by atoms with Crippen molar-refractivity contribution >= 4 is 34.4 Å². The van der Waals surface area contributed by atoms with E-state index in [2.05, 4.69) is 17.2 Å². The van der Waals surface area contributed by atoms with E-state index < -0.39 is 0 Å². The molecule has 0 aliphatic carbocycles. The number of fused-ring (bicyclic) bond motifs is 1. The van der Waals surface area contributed by atoms with E-state index in [1.54, 1.807) is 24.3 Å². The lowest BCUT2D eigenvalue weighted by atomic mass is 10.0. The van der Waals surface area contributed by atoms with Crippen LogP contribution in [-0.4, -0.2) is 45.5 Å². The standard InChI is InChI=1S/C24H27ClN4O3/c1-17-6-4-5-13-28(17)24(31)15-29-21-8-3-2-7-20(21)27-22(29)14-26-23(30)16-32-19-11-9-18(25)10-12-19/h2-3,7-12,17H,4-6,13-16H2,1H3,(H,26,30). The Balaban J connectivity index is 1.43. The van der Waals surface area contributed by atoms with E-state index in [1.165, 1.54) is 0 Å². The van der Waals surface area contributed by atoms with Crippen molar-refractivity contribution in [3.8, 4) is 5.75 Å². The third-order valence-electron chi connectivity index (χ3n) is 5.78. The molecule has 7 nitrogen and oxygen atoms in total. The number of nitrogens with zero attached hydrogens (tertiary/aromatic N) is 3. The quantitative estimate of drug-likeness (QED) is 0.589. The largest absolute Gasteiger partial charge is 0.484 e. The van der Waals surface area contributed by atoms with Crippen molar-refractivity contribution in [1.29, 1.82) is 0 Å². The van der Waals surface area contributed by atoms with Crippen LogP contribution in [0.4, 0.5) is 0 Å². The highest BCUT2D eigenvalue weighted by molar-refractivity contribution is 6.30. The van der Waals surface area contributed by atoms with Gasteiger partial charge in [-0.1, -0.05) is 23.7 Å². The number of nitrogens with one attached hydrogen (secondary N) is 1. The zero-order chi connectivity index (χ0) is 22.5. The van der Waals surface area contributed by atoms with Crippen molar-refractivity contribution in [3.63, 3.8) is 0 Å². The van der Waals surface area contributed by atoms with Crippen molar-refractivity contribution < 1.29 is 14.3 Å². The topological polar surface area (TPSA) is 76.5 Å². The molecule has 1 saturated heterocycles. The zero-order valence-electron chi connectivity index (χ0n) is 18.1. The van der Waals surface area contributed by atoms with Crippen LogP contribution < -0.4 is 10.1 Å². The van der Waals surface area contributed by atoms with Gasteiger partial charge in [0.25, 0.3) is 5.91 Å². The van der Waals surface area contributed by atoms with Gasteiger partial charge in [0, 0.05) is 17.6 Å². The van der Waals surface area contributed by atoms with Gasteiger partial charge in [0.2, 0.25) is 5.91 Å². The molecule has 2 heterocycles. The Hall–Kier alpha value is -3.06. The molecule has 32 heavy (non-hydrogen) atoms. The van der Waals surface area contributed by atoms with Gasteiger partial charge in [0.1, 0.15) is 18.1 Å². The first kappa shape index (κ1) is 22.1. The Labute approximate surface area is 192 Å². The number of rotatable bonds is 7. The average molecular weight is 455 g/mol. The lowest BCUT2D eigenvalue weighted by Gasteiger charge is -2.33. The Morgan fingerprint density at radius 2 is 1.94 bits per heavy atom. The number of aromatic nitrogens is 2. The molecule has 2 amide bonds. The molecule has 2 aromatic carbocycles. The van der Waals surface area contributed by atoms with Crippen LogP contribution in [0.15, 0.2) is 48.5 Å². The van der Waals surface area contributed by atoms with E-state index in [4.69, 9.17) is 16.3 Å². The lowest BCUT2D eigenvalue weighted by molar-refractivity contribution is -0.135. The van der Waals surface area contributed by atoms with Crippen molar-refractivity contribution in [2.45, 2.75) is 45.3 Å². The molecule has 0 radical (unpaired) electrons. The second-order valence-electron chi connectivity index (χ2n) is 8.05. The summed E-state index contributed by atoms with van der Waals surface area (Å²) < 4.78 is 7.40. The van der Waals surface area contributed by atoms with Crippen LogP contribution in [0.1, 0.15) is 32.0 Å². The molecular weight excluding hydrogens is 428 g/mol.